The van der Waals surface area contributed by atoms with Gasteiger partial charge in [-0.3, -0.25) is 0 Å². The van der Waals surface area contributed by atoms with E-state index in [4.69, 9.17) is 9.47 Å². The summed E-state index contributed by atoms with van der Waals surface area (Å²) in [4.78, 5) is 0. The van der Waals surface area contributed by atoms with Gasteiger partial charge in [-0.2, -0.15) is 0 Å². The van der Waals surface area contributed by atoms with E-state index < -0.39 is 0 Å². The van der Waals surface area contributed by atoms with Crippen molar-refractivity contribution in [2.75, 3.05) is 11.9 Å². The van der Waals surface area contributed by atoms with Crippen LogP contribution in [0.3, 0.4) is 0 Å². The van der Waals surface area contributed by atoms with Crippen molar-refractivity contribution in [2.45, 2.75) is 33.0 Å². The van der Waals surface area contributed by atoms with Gasteiger partial charge >= 0.3 is 0 Å². The molecular formula is C24H27NO2. The zero-order chi connectivity index (χ0) is 18.9. The molecule has 0 aliphatic rings. The smallest absolute Gasteiger partial charge is 0.121 e. The first-order valence-corrected chi connectivity index (χ1v) is 9.47. The quantitative estimate of drug-likeness (QED) is 0.519. The number of nitrogens with one attached hydrogen (secondary N) is 1. The second-order valence-electron chi connectivity index (χ2n) is 6.64. The molecule has 0 aliphatic heterocycles. The first-order valence-electron chi connectivity index (χ1n) is 9.47. The maximum Gasteiger partial charge on any atom is 0.121 e. The third kappa shape index (κ3) is 6.07. The maximum absolute atomic E-state index is 6.08. The van der Waals surface area contributed by atoms with Crippen molar-refractivity contribution in [3.8, 4) is 11.5 Å². The molecule has 1 unspecified atom stereocenters. The highest BCUT2D eigenvalue weighted by Gasteiger charge is 2.08. The van der Waals surface area contributed by atoms with E-state index in [1.54, 1.807) is 0 Å². The zero-order valence-corrected chi connectivity index (χ0v) is 16.0. The molecule has 1 N–H and O–H groups in total. The number of benzene rings is 3. The fraction of sp³-hybridized carbons (Fsp3) is 0.250. The topological polar surface area (TPSA) is 30.5 Å². The summed E-state index contributed by atoms with van der Waals surface area (Å²) in [5, 5.41) is 3.46. The predicted molar refractivity (Wildman–Crippen MR) is 112 cm³/mol. The molecule has 0 bridgehead atoms. The molecule has 0 radical (unpaired) electrons. The van der Waals surface area contributed by atoms with E-state index >= 15 is 0 Å². The summed E-state index contributed by atoms with van der Waals surface area (Å²) in [6.07, 6.45) is 1.05. The normalized spacial score (nSPS) is 11.6. The lowest BCUT2D eigenvalue weighted by Crippen LogP contribution is -2.25. The maximum atomic E-state index is 6.08. The highest BCUT2D eigenvalue weighted by atomic mass is 16.5. The number of aryl methyl sites for hydroxylation is 1. The summed E-state index contributed by atoms with van der Waals surface area (Å²) >= 11 is 0. The van der Waals surface area contributed by atoms with E-state index in [0.717, 1.165) is 35.7 Å². The first kappa shape index (κ1) is 18.8. The van der Waals surface area contributed by atoms with Crippen molar-refractivity contribution in [1.82, 2.24) is 0 Å². The lowest BCUT2D eigenvalue weighted by atomic mass is 10.2. The summed E-state index contributed by atoms with van der Waals surface area (Å²) in [5.41, 5.74) is 3.43. The molecule has 0 amide bonds. The van der Waals surface area contributed by atoms with Crippen LogP contribution in [0, 0.1) is 6.92 Å². The minimum atomic E-state index is 0.113. The van der Waals surface area contributed by atoms with Crippen LogP contribution in [0.1, 0.15) is 24.5 Å². The van der Waals surface area contributed by atoms with Crippen molar-refractivity contribution in [3.05, 3.63) is 90.0 Å². The SMILES string of the molecule is CCC(CNc1cccc(OCc2ccccc2)c1)Oc1ccc(C)cc1. The lowest BCUT2D eigenvalue weighted by Gasteiger charge is -2.19. The largest absolute Gasteiger partial charge is 0.489 e. The molecule has 3 aromatic carbocycles. The van der Waals surface area contributed by atoms with Gasteiger partial charge in [0, 0.05) is 11.8 Å². The molecule has 0 heterocycles. The van der Waals surface area contributed by atoms with Gasteiger partial charge in [-0.25, -0.2) is 0 Å². The molecule has 0 aromatic heterocycles. The average molecular weight is 361 g/mol. The fourth-order valence-corrected chi connectivity index (χ4v) is 2.75. The number of hydrogen-bond donors (Lipinski definition) is 1. The van der Waals surface area contributed by atoms with Crippen LogP contribution in [0.4, 0.5) is 5.69 Å². The first-order chi connectivity index (χ1) is 13.2. The molecule has 3 rings (SSSR count). The Labute approximate surface area is 162 Å². The Morgan fingerprint density at radius 2 is 1.63 bits per heavy atom. The number of ether oxygens (including phenoxy) is 2. The van der Waals surface area contributed by atoms with Crippen molar-refractivity contribution >= 4 is 5.69 Å². The van der Waals surface area contributed by atoms with Gasteiger partial charge in [0.2, 0.25) is 0 Å². The van der Waals surface area contributed by atoms with Crippen LogP contribution in [0.5, 0.6) is 11.5 Å². The van der Waals surface area contributed by atoms with Crippen LogP contribution in [-0.4, -0.2) is 12.6 Å². The van der Waals surface area contributed by atoms with Gasteiger partial charge < -0.3 is 14.8 Å². The van der Waals surface area contributed by atoms with E-state index in [9.17, 15) is 0 Å². The standard InChI is InChI=1S/C24H27NO2/c1-3-22(27-23-14-12-19(2)13-15-23)17-25-21-10-7-11-24(16-21)26-18-20-8-5-4-6-9-20/h4-16,22,25H,3,17-18H2,1-2H3. The molecule has 3 nitrogen and oxygen atoms in total. The Morgan fingerprint density at radius 3 is 2.37 bits per heavy atom. The number of hydrogen-bond acceptors (Lipinski definition) is 3. The van der Waals surface area contributed by atoms with Crippen molar-refractivity contribution in [3.63, 3.8) is 0 Å². The molecule has 0 aliphatic carbocycles. The van der Waals surface area contributed by atoms with E-state index in [1.165, 1.54) is 5.56 Å². The highest BCUT2D eigenvalue weighted by Crippen LogP contribution is 2.20. The summed E-state index contributed by atoms with van der Waals surface area (Å²) in [7, 11) is 0. The molecule has 140 valence electrons. The fourth-order valence-electron chi connectivity index (χ4n) is 2.75. The van der Waals surface area contributed by atoms with Crippen LogP contribution in [0.2, 0.25) is 0 Å². The van der Waals surface area contributed by atoms with Crippen molar-refractivity contribution in [2.24, 2.45) is 0 Å². The second kappa shape index (κ2) is 9.67. The minimum absolute atomic E-state index is 0.113. The van der Waals surface area contributed by atoms with E-state index in [0.29, 0.717) is 6.61 Å². The van der Waals surface area contributed by atoms with Gasteiger partial charge in [0.05, 0.1) is 6.54 Å². The summed E-state index contributed by atoms with van der Waals surface area (Å²) in [6, 6.07) is 26.4. The Balaban J connectivity index is 1.52. The molecule has 1 atom stereocenters. The van der Waals surface area contributed by atoms with Crippen LogP contribution in [0.25, 0.3) is 0 Å². The van der Waals surface area contributed by atoms with E-state index in [2.05, 4.69) is 43.4 Å². The summed E-state index contributed by atoms with van der Waals surface area (Å²) in [6.45, 7) is 5.53. The van der Waals surface area contributed by atoms with Gasteiger partial charge in [0.15, 0.2) is 0 Å². The molecule has 0 fully saturated rings. The Bertz CT molecular complexity index is 815. The second-order valence-corrected chi connectivity index (χ2v) is 6.64. The monoisotopic (exact) mass is 361 g/mol. The Kier molecular flexibility index (Phi) is 6.75. The molecule has 0 saturated carbocycles. The summed E-state index contributed by atoms with van der Waals surface area (Å²) in [5.74, 6) is 1.77. The van der Waals surface area contributed by atoms with Gasteiger partial charge in [-0.1, -0.05) is 61.0 Å². The molecule has 3 heteroatoms. The van der Waals surface area contributed by atoms with Gasteiger partial charge in [0.25, 0.3) is 0 Å². The predicted octanol–water partition coefficient (Wildman–Crippen LogP) is 5.84. The van der Waals surface area contributed by atoms with Crippen LogP contribution in [0.15, 0.2) is 78.9 Å². The third-order valence-electron chi connectivity index (χ3n) is 4.40. The Hall–Kier alpha value is -2.94. The van der Waals surface area contributed by atoms with E-state index in [-0.39, 0.29) is 6.10 Å². The molecular weight excluding hydrogens is 334 g/mol. The molecule has 27 heavy (non-hydrogen) atoms. The lowest BCUT2D eigenvalue weighted by molar-refractivity contribution is 0.210. The molecule has 0 saturated heterocycles. The van der Waals surface area contributed by atoms with Crippen LogP contribution < -0.4 is 14.8 Å². The van der Waals surface area contributed by atoms with Gasteiger partial charge in [0.1, 0.15) is 24.2 Å². The van der Waals surface area contributed by atoms with E-state index in [1.807, 2.05) is 54.6 Å². The van der Waals surface area contributed by atoms with Crippen molar-refractivity contribution in [1.29, 1.82) is 0 Å². The highest BCUT2D eigenvalue weighted by molar-refractivity contribution is 5.48. The zero-order valence-electron chi connectivity index (χ0n) is 16.0. The van der Waals surface area contributed by atoms with Crippen LogP contribution >= 0.6 is 0 Å². The summed E-state index contributed by atoms with van der Waals surface area (Å²) < 4.78 is 12.0. The van der Waals surface area contributed by atoms with Gasteiger partial charge in [-0.15, -0.1) is 0 Å². The Morgan fingerprint density at radius 1 is 0.852 bits per heavy atom. The van der Waals surface area contributed by atoms with Crippen molar-refractivity contribution < 1.29 is 9.47 Å². The molecule has 3 aromatic rings. The number of anilines is 1. The number of rotatable bonds is 9. The average Bonchev–Trinajstić information content (AvgIpc) is 2.72. The molecule has 0 spiro atoms. The van der Waals surface area contributed by atoms with Crippen LogP contribution in [-0.2, 0) is 6.61 Å². The van der Waals surface area contributed by atoms with Gasteiger partial charge in [-0.05, 0) is 43.2 Å². The minimum Gasteiger partial charge on any atom is -0.489 e. The third-order valence-corrected chi connectivity index (χ3v) is 4.40.